The Hall–Kier alpha value is -0.0400. The fraction of sp³-hybridized carbons (Fsp3) is 1.00. The zero-order valence-electron chi connectivity index (χ0n) is 12.1. The van der Waals surface area contributed by atoms with Gasteiger partial charge in [-0.3, -0.25) is 0 Å². The average Bonchev–Trinajstić information content (AvgIpc) is 2.68. The van der Waals surface area contributed by atoms with Crippen LogP contribution < -0.4 is 5.32 Å². The van der Waals surface area contributed by atoms with E-state index in [0.717, 1.165) is 11.5 Å². The average molecular weight is 237 g/mol. The molecule has 1 spiro atoms. The van der Waals surface area contributed by atoms with Crippen LogP contribution >= 0.6 is 0 Å². The summed E-state index contributed by atoms with van der Waals surface area (Å²) in [6.07, 6.45) is 13.2. The predicted octanol–water partition coefficient (Wildman–Crippen LogP) is 4.52. The van der Waals surface area contributed by atoms with E-state index in [-0.39, 0.29) is 0 Å². The molecule has 2 aliphatic carbocycles. The second-order valence-electron chi connectivity index (χ2n) is 7.75. The molecule has 0 unspecified atom stereocenters. The van der Waals surface area contributed by atoms with Gasteiger partial charge in [0.25, 0.3) is 0 Å². The van der Waals surface area contributed by atoms with Gasteiger partial charge in [0, 0.05) is 6.04 Å². The van der Waals surface area contributed by atoms with Crippen LogP contribution in [0.4, 0.5) is 0 Å². The zero-order chi connectivity index (χ0) is 12.4. The fourth-order valence-corrected chi connectivity index (χ4v) is 3.71. The lowest BCUT2D eigenvalue weighted by Crippen LogP contribution is -2.37. The smallest absolute Gasteiger partial charge is 0.00674 e. The summed E-state index contributed by atoms with van der Waals surface area (Å²) in [4.78, 5) is 0. The SMILES string of the molecule is CC(C)(C)CCNC1CCC2(CCCC2)CC1. The van der Waals surface area contributed by atoms with E-state index in [2.05, 4.69) is 26.1 Å². The summed E-state index contributed by atoms with van der Waals surface area (Å²) in [7, 11) is 0. The van der Waals surface area contributed by atoms with Crippen molar-refractivity contribution in [2.75, 3.05) is 6.54 Å². The summed E-state index contributed by atoms with van der Waals surface area (Å²) in [6, 6.07) is 0.823. The maximum Gasteiger partial charge on any atom is 0.00674 e. The lowest BCUT2D eigenvalue weighted by molar-refractivity contribution is 0.166. The molecule has 0 radical (unpaired) electrons. The van der Waals surface area contributed by atoms with Crippen LogP contribution in [-0.2, 0) is 0 Å². The molecule has 1 heteroatoms. The molecule has 0 aliphatic heterocycles. The maximum atomic E-state index is 3.78. The Balaban J connectivity index is 1.65. The van der Waals surface area contributed by atoms with Crippen LogP contribution in [0, 0.1) is 10.8 Å². The third kappa shape index (κ3) is 3.98. The molecule has 100 valence electrons. The molecule has 2 aliphatic rings. The van der Waals surface area contributed by atoms with Crippen molar-refractivity contribution in [2.24, 2.45) is 10.8 Å². The van der Waals surface area contributed by atoms with Crippen molar-refractivity contribution in [3.8, 4) is 0 Å². The topological polar surface area (TPSA) is 12.0 Å². The molecule has 0 amide bonds. The van der Waals surface area contributed by atoms with E-state index in [0.29, 0.717) is 5.41 Å². The van der Waals surface area contributed by atoms with Crippen LogP contribution in [-0.4, -0.2) is 12.6 Å². The first-order chi connectivity index (χ1) is 7.99. The van der Waals surface area contributed by atoms with E-state index in [4.69, 9.17) is 0 Å². The first kappa shape index (κ1) is 13.4. The summed E-state index contributed by atoms with van der Waals surface area (Å²) >= 11 is 0. The van der Waals surface area contributed by atoms with E-state index < -0.39 is 0 Å². The Morgan fingerprint density at radius 1 is 1.00 bits per heavy atom. The molecular weight excluding hydrogens is 206 g/mol. The summed E-state index contributed by atoms with van der Waals surface area (Å²) in [5, 5.41) is 3.78. The van der Waals surface area contributed by atoms with Gasteiger partial charge in [0.05, 0.1) is 0 Å². The quantitative estimate of drug-likeness (QED) is 0.761. The van der Waals surface area contributed by atoms with Crippen LogP contribution in [0.1, 0.15) is 78.6 Å². The highest BCUT2D eigenvalue weighted by Crippen LogP contribution is 2.48. The minimum absolute atomic E-state index is 0.480. The lowest BCUT2D eigenvalue weighted by Gasteiger charge is -2.38. The molecule has 2 saturated carbocycles. The minimum Gasteiger partial charge on any atom is -0.314 e. The summed E-state index contributed by atoms with van der Waals surface area (Å²) in [5.41, 5.74) is 1.27. The van der Waals surface area contributed by atoms with Gasteiger partial charge < -0.3 is 5.32 Å². The molecule has 0 aromatic heterocycles. The van der Waals surface area contributed by atoms with E-state index >= 15 is 0 Å². The number of rotatable bonds is 3. The largest absolute Gasteiger partial charge is 0.314 e. The third-order valence-electron chi connectivity index (χ3n) is 5.02. The number of hydrogen-bond acceptors (Lipinski definition) is 1. The van der Waals surface area contributed by atoms with Crippen molar-refractivity contribution in [3.05, 3.63) is 0 Å². The van der Waals surface area contributed by atoms with Crippen LogP contribution in [0.3, 0.4) is 0 Å². The van der Waals surface area contributed by atoms with Gasteiger partial charge in [0.15, 0.2) is 0 Å². The molecule has 0 aromatic rings. The molecule has 1 nitrogen and oxygen atoms in total. The molecular formula is C16H31N. The molecule has 0 aromatic carbocycles. The first-order valence-corrected chi connectivity index (χ1v) is 7.73. The number of hydrogen-bond donors (Lipinski definition) is 1. The normalized spacial score (nSPS) is 25.6. The molecule has 2 fully saturated rings. The second kappa shape index (κ2) is 5.30. The molecule has 0 saturated heterocycles. The van der Waals surface area contributed by atoms with Gasteiger partial charge >= 0.3 is 0 Å². The van der Waals surface area contributed by atoms with Crippen molar-refractivity contribution in [3.63, 3.8) is 0 Å². The highest BCUT2D eigenvalue weighted by atomic mass is 14.9. The van der Waals surface area contributed by atoms with E-state index in [1.165, 1.54) is 64.3 Å². The minimum atomic E-state index is 0.480. The summed E-state index contributed by atoms with van der Waals surface area (Å²) in [6.45, 7) is 8.22. The predicted molar refractivity (Wildman–Crippen MR) is 75.2 cm³/mol. The van der Waals surface area contributed by atoms with Crippen LogP contribution in [0.5, 0.6) is 0 Å². The van der Waals surface area contributed by atoms with Gasteiger partial charge in [-0.2, -0.15) is 0 Å². The van der Waals surface area contributed by atoms with Crippen LogP contribution in [0.2, 0.25) is 0 Å². The zero-order valence-corrected chi connectivity index (χ0v) is 12.1. The van der Waals surface area contributed by atoms with Gasteiger partial charge in [-0.15, -0.1) is 0 Å². The molecule has 17 heavy (non-hydrogen) atoms. The second-order valence-corrected chi connectivity index (χ2v) is 7.75. The van der Waals surface area contributed by atoms with Crippen molar-refractivity contribution >= 4 is 0 Å². The van der Waals surface area contributed by atoms with E-state index in [9.17, 15) is 0 Å². The van der Waals surface area contributed by atoms with Crippen LogP contribution in [0.15, 0.2) is 0 Å². The molecule has 0 atom stereocenters. The fourth-order valence-electron chi connectivity index (χ4n) is 3.71. The Morgan fingerprint density at radius 3 is 2.12 bits per heavy atom. The highest BCUT2D eigenvalue weighted by Gasteiger charge is 2.37. The van der Waals surface area contributed by atoms with Gasteiger partial charge in [-0.25, -0.2) is 0 Å². The Kier molecular flexibility index (Phi) is 4.18. The third-order valence-corrected chi connectivity index (χ3v) is 5.02. The van der Waals surface area contributed by atoms with Gasteiger partial charge in [-0.1, -0.05) is 33.6 Å². The van der Waals surface area contributed by atoms with Crippen LogP contribution in [0.25, 0.3) is 0 Å². The van der Waals surface area contributed by atoms with Gasteiger partial charge in [0.1, 0.15) is 0 Å². The van der Waals surface area contributed by atoms with E-state index in [1.807, 2.05) is 0 Å². The Labute approximate surface area is 108 Å². The molecule has 1 N–H and O–H groups in total. The monoisotopic (exact) mass is 237 g/mol. The van der Waals surface area contributed by atoms with Crippen molar-refractivity contribution in [1.29, 1.82) is 0 Å². The van der Waals surface area contributed by atoms with E-state index in [1.54, 1.807) is 0 Å². The first-order valence-electron chi connectivity index (χ1n) is 7.73. The van der Waals surface area contributed by atoms with Crippen molar-refractivity contribution in [1.82, 2.24) is 5.32 Å². The van der Waals surface area contributed by atoms with Crippen molar-refractivity contribution in [2.45, 2.75) is 84.6 Å². The maximum absolute atomic E-state index is 3.78. The number of nitrogens with one attached hydrogen (secondary N) is 1. The highest BCUT2D eigenvalue weighted by molar-refractivity contribution is 4.91. The Morgan fingerprint density at radius 2 is 1.59 bits per heavy atom. The summed E-state index contributed by atoms with van der Waals surface area (Å²) < 4.78 is 0. The standard InChI is InChI=1S/C16H31N/c1-15(2,3)12-13-17-14-6-10-16(11-7-14)8-4-5-9-16/h14,17H,4-13H2,1-3H3. The van der Waals surface area contributed by atoms with Gasteiger partial charge in [0.2, 0.25) is 0 Å². The summed E-state index contributed by atoms with van der Waals surface area (Å²) in [5.74, 6) is 0. The lowest BCUT2D eigenvalue weighted by atomic mass is 9.71. The molecule has 0 heterocycles. The van der Waals surface area contributed by atoms with Crippen molar-refractivity contribution < 1.29 is 0 Å². The van der Waals surface area contributed by atoms with Gasteiger partial charge in [-0.05, 0) is 62.3 Å². The molecule has 0 bridgehead atoms. The Bertz CT molecular complexity index is 222. The molecule has 2 rings (SSSR count).